The predicted molar refractivity (Wildman–Crippen MR) is 67.5 cm³/mol. The summed E-state index contributed by atoms with van der Waals surface area (Å²) in [6, 6.07) is 2.10. The van der Waals surface area contributed by atoms with E-state index in [2.05, 4.69) is 35.2 Å². The Hall–Kier alpha value is -1.09. The Bertz CT molecular complexity index is 351. The molecule has 0 bridgehead atoms. The zero-order valence-corrected chi connectivity index (χ0v) is 10.4. The number of hydrogen-bond donors (Lipinski definition) is 1. The fraction of sp³-hybridized carbons (Fsp3) is 0.615. The number of anilines is 1. The first-order valence-corrected chi connectivity index (χ1v) is 6.01. The number of aromatic nitrogens is 1. The molecule has 1 saturated carbocycles. The van der Waals surface area contributed by atoms with E-state index in [1.54, 1.807) is 0 Å². The molecule has 16 heavy (non-hydrogen) atoms. The Balaban J connectivity index is 2.05. The highest BCUT2D eigenvalue weighted by molar-refractivity contribution is 5.51. The van der Waals surface area contributed by atoms with Crippen LogP contribution >= 0.6 is 0 Å². The van der Waals surface area contributed by atoms with Crippen molar-refractivity contribution in [1.29, 1.82) is 0 Å². The molecule has 2 atom stereocenters. The molecule has 1 N–H and O–H groups in total. The first-order valence-electron chi connectivity index (χ1n) is 6.01. The fourth-order valence-electron chi connectivity index (χ4n) is 2.20. The molecule has 0 spiro atoms. The summed E-state index contributed by atoms with van der Waals surface area (Å²) in [5.74, 6) is 1.79. The van der Waals surface area contributed by atoms with Crippen LogP contribution in [0.15, 0.2) is 18.5 Å². The highest BCUT2D eigenvalue weighted by Gasteiger charge is 2.33. The van der Waals surface area contributed by atoms with Crippen LogP contribution in [-0.4, -0.2) is 25.6 Å². The van der Waals surface area contributed by atoms with Crippen molar-refractivity contribution in [2.45, 2.75) is 19.9 Å². The van der Waals surface area contributed by atoms with Crippen LogP contribution < -0.4 is 10.2 Å². The highest BCUT2D eigenvalue weighted by Crippen LogP contribution is 2.38. The molecule has 1 aliphatic carbocycles. The second kappa shape index (κ2) is 4.83. The first-order chi connectivity index (χ1) is 7.72. The van der Waals surface area contributed by atoms with Gasteiger partial charge in [0.1, 0.15) is 0 Å². The lowest BCUT2D eigenvalue weighted by Crippen LogP contribution is -2.23. The van der Waals surface area contributed by atoms with Gasteiger partial charge in [0.15, 0.2) is 0 Å². The van der Waals surface area contributed by atoms with Gasteiger partial charge in [-0.1, -0.05) is 6.92 Å². The molecule has 0 aliphatic heterocycles. The minimum Gasteiger partial charge on any atom is -0.373 e. The lowest BCUT2D eigenvalue weighted by atomic mass is 10.2. The number of nitrogens with zero attached hydrogens (tertiary/aromatic N) is 2. The maximum Gasteiger partial charge on any atom is 0.0595 e. The van der Waals surface area contributed by atoms with Crippen molar-refractivity contribution in [2.24, 2.45) is 11.8 Å². The van der Waals surface area contributed by atoms with E-state index in [1.165, 1.54) is 17.7 Å². The molecule has 2 rings (SSSR count). The normalized spacial score (nSPS) is 23.2. The lowest BCUT2D eigenvalue weighted by Gasteiger charge is -2.22. The standard InChI is InChI=1S/C13H21N3/c1-10-6-12(10)9-16(3)13-8-15-5-4-11(13)7-14-2/h4-5,8,10,12,14H,6-7,9H2,1-3H3. The van der Waals surface area contributed by atoms with Gasteiger partial charge in [0.05, 0.1) is 11.9 Å². The maximum atomic E-state index is 4.23. The second-order valence-corrected chi connectivity index (χ2v) is 4.89. The zero-order chi connectivity index (χ0) is 11.5. The lowest BCUT2D eigenvalue weighted by molar-refractivity contribution is 0.717. The van der Waals surface area contributed by atoms with Gasteiger partial charge in [0.25, 0.3) is 0 Å². The van der Waals surface area contributed by atoms with E-state index in [0.717, 1.165) is 24.9 Å². The number of pyridine rings is 1. The third kappa shape index (κ3) is 2.53. The van der Waals surface area contributed by atoms with Gasteiger partial charge in [-0.05, 0) is 36.9 Å². The molecule has 3 heteroatoms. The van der Waals surface area contributed by atoms with E-state index in [4.69, 9.17) is 0 Å². The van der Waals surface area contributed by atoms with Gasteiger partial charge >= 0.3 is 0 Å². The van der Waals surface area contributed by atoms with Crippen LogP contribution in [0.2, 0.25) is 0 Å². The molecular weight excluding hydrogens is 198 g/mol. The van der Waals surface area contributed by atoms with E-state index < -0.39 is 0 Å². The van der Waals surface area contributed by atoms with Crippen LogP contribution in [0.1, 0.15) is 18.9 Å². The average molecular weight is 219 g/mol. The number of hydrogen-bond acceptors (Lipinski definition) is 3. The van der Waals surface area contributed by atoms with Crippen molar-refractivity contribution in [3.05, 3.63) is 24.0 Å². The van der Waals surface area contributed by atoms with Crippen LogP contribution in [0.5, 0.6) is 0 Å². The SMILES string of the molecule is CNCc1ccncc1N(C)CC1CC1C. The van der Waals surface area contributed by atoms with Crippen LogP contribution in [0.4, 0.5) is 5.69 Å². The highest BCUT2D eigenvalue weighted by atomic mass is 15.1. The summed E-state index contributed by atoms with van der Waals surface area (Å²) in [7, 11) is 4.15. The molecule has 1 heterocycles. The maximum absolute atomic E-state index is 4.23. The van der Waals surface area contributed by atoms with E-state index in [-0.39, 0.29) is 0 Å². The summed E-state index contributed by atoms with van der Waals surface area (Å²) in [4.78, 5) is 6.57. The molecule has 0 amide bonds. The quantitative estimate of drug-likeness (QED) is 0.819. The molecule has 0 radical (unpaired) electrons. The molecular formula is C13H21N3. The van der Waals surface area contributed by atoms with Crippen LogP contribution in [0.3, 0.4) is 0 Å². The van der Waals surface area contributed by atoms with E-state index in [1.807, 2.05) is 19.4 Å². The van der Waals surface area contributed by atoms with Gasteiger partial charge in [0.2, 0.25) is 0 Å². The average Bonchev–Trinajstić information content (AvgIpc) is 2.95. The van der Waals surface area contributed by atoms with E-state index >= 15 is 0 Å². The summed E-state index contributed by atoms with van der Waals surface area (Å²) in [6.45, 7) is 4.39. The van der Waals surface area contributed by atoms with Crippen molar-refractivity contribution in [2.75, 3.05) is 25.5 Å². The topological polar surface area (TPSA) is 28.2 Å². The summed E-state index contributed by atoms with van der Waals surface area (Å²) < 4.78 is 0. The Morgan fingerprint density at radius 2 is 2.31 bits per heavy atom. The Kier molecular flexibility index (Phi) is 3.44. The van der Waals surface area contributed by atoms with Crippen LogP contribution in [0.25, 0.3) is 0 Å². The van der Waals surface area contributed by atoms with E-state index in [9.17, 15) is 0 Å². The molecule has 2 unspecified atom stereocenters. The van der Waals surface area contributed by atoms with Crippen molar-refractivity contribution in [3.8, 4) is 0 Å². The van der Waals surface area contributed by atoms with Gasteiger partial charge in [-0.3, -0.25) is 4.98 Å². The molecule has 3 nitrogen and oxygen atoms in total. The Labute approximate surface area is 97.9 Å². The molecule has 1 fully saturated rings. The molecule has 1 aromatic rings. The summed E-state index contributed by atoms with van der Waals surface area (Å²) in [5, 5.41) is 3.20. The third-order valence-corrected chi connectivity index (χ3v) is 3.45. The van der Waals surface area contributed by atoms with Crippen LogP contribution in [0, 0.1) is 11.8 Å². The Morgan fingerprint density at radius 3 is 2.94 bits per heavy atom. The second-order valence-electron chi connectivity index (χ2n) is 4.89. The molecule has 0 aromatic carbocycles. The van der Waals surface area contributed by atoms with E-state index in [0.29, 0.717) is 0 Å². The van der Waals surface area contributed by atoms with Gasteiger partial charge in [0, 0.05) is 26.3 Å². The first kappa shape index (κ1) is 11.4. The van der Waals surface area contributed by atoms with Crippen LogP contribution in [-0.2, 0) is 6.54 Å². The van der Waals surface area contributed by atoms with Crippen molar-refractivity contribution >= 4 is 5.69 Å². The third-order valence-electron chi connectivity index (χ3n) is 3.45. The zero-order valence-electron chi connectivity index (χ0n) is 10.4. The summed E-state index contributed by atoms with van der Waals surface area (Å²) in [6.07, 6.45) is 5.22. The minimum atomic E-state index is 0.882. The van der Waals surface area contributed by atoms with Crippen molar-refractivity contribution in [1.82, 2.24) is 10.3 Å². The summed E-state index contributed by atoms with van der Waals surface area (Å²) in [5.41, 5.74) is 2.59. The van der Waals surface area contributed by atoms with Gasteiger partial charge in [-0.2, -0.15) is 0 Å². The molecule has 88 valence electrons. The molecule has 1 aromatic heterocycles. The summed E-state index contributed by atoms with van der Waals surface area (Å²) >= 11 is 0. The minimum absolute atomic E-state index is 0.882. The largest absolute Gasteiger partial charge is 0.373 e. The van der Waals surface area contributed by atoms with Crippen molar-refractivity contribution < 1.29 is 0 Å². The van der Waals surface area contributed by atoms with Gasteiger partial charge in [-0.25, -0.2) is 0 Å². The number of nitrogens with one attached hydrogen (secondary N) is 1. The van der Waals surface area contributed by atoms with Gasteiger partial charge in [-0.15, -0.1) is 0 Å². The predicted octanol–water partition coefficient (Wildman–Crippen LogP) is 1.89. The smallest absolute Gasteiger partial charge is 0.0595 e. The molecule has 0 saturated heterocycles. The number of rotatable bonds is 5. The monoisotopic (exact) mass is 219 g/mol. The Morgan fingerprint density at radius 1 is 1.56 bits per heavy atom. The van der Waals surface area contributed by atoms with Crippen molar-refractivity contribution in [3.63, 3.8) is 0 Å². The van der Waals surface area contributed by atoms with Gasteiger partial charge < -0.3 is 10.2 Å². The molecule has 1 aliphatic rings. The fourth-order valence-corrected chi connectivity index (χ4v) is 2.20.